The lowest BCUT2D eigenvalue weighted by molar-refractivity contribution is -0.384. The second-order valence-electron chi connectivity index (χ2n) is 4.82. The zero-order valence-corrected chi connectivity index (χ0v) is 13.7. The Morgan fingerprint density at radius 1 is 1.24 bits per heavy atom. The molecule has 0 amide bonds. The van der Waals surface area contributed by atoms with Crippen LogP contribution >= 0.6 is 15.9 Å². The van der Waals surface area contributed by atoms with Crippen molar-refractivity contribution < 1.29 is 14.5 Å². The summed E-state index contributed by atoms with van der Waals surface area (Å²) in [5.41, 5.74) is 0.0694. The van der Waals surface area contributed by atoms with Gasteiger partial charge in [0.1, 0.15) is 0 Å². The summed E-state index contributed by atoms with van der Waals surface area (Å²) in [6, 6.07) is 4.06. The van der Waals surface area contributed by atoms with Gasteiger partial charge in [0.05, 0.1) is 17.1 Å². The van der Waals surface area contributed by atoms with E-state index in [1.54, 1.807) is 0 Å². The molecule has 0 aromatic heterocycles. The number of halogens is 1. The third kappa shape index (κ3) is 6.25. The predicted octanol–water partition coefficient (Wildman–Crippen LogP) is 4.87. The van der Waals surface area contributed by atoms with Crippen molar-refractivity contribution in [2.75, 3.05) is 6.61 Å². The molecule has 0 fully saturated rings. The molecule has 0 atom stereocenters. The third-order valence-corrected chi connectivity index (χ3v) is 3.80. The molecule has 116 valence electrons. The number of non-ortho nitro benzene ring substituents is 1. The van der Waals surface area contributed by atoms with Crippen molar-refractivity contribution in [2.45, 2.75) is 45.4 Å². The standard InChI is InChI=1S/C15H20BrNO4/c1-2-3-4-5-6-7-10-21-15(18)13-11-12(17(19)20)8-9-14(13)16/h8-9,11H,2-7,10H2,1H3. The van der Waals surface area contributed by atoms with Gasteiger partial charge < -0.3 is 4.74 Å². The highest BCUT2D eigenvalue weighted by Gasteiger charge is 2.16. The number of hydrogen-bond donors (Lipinski definition) is 0. The van der Waals surface area contributed by atoms with Crippen LogP contribution in [-0.2, 0) is 4.74 Å². The first-order chi connectivity index (χ1) is 10.1. The van der Waals surface area contributed by atoms with Crippen LogP contribution < -0.4 is 0 Å². The highest BCUT2D eigenvalue weighted by Crippen LogP contribution is 2.23. The van der Waals surface area contributed by atoms with E-state index < -0.39 is 10.9 Å². The van der Waals surface area contributed by atoms with Gasteiger partial charge in [0.2, 0.25) is 0 Å². The maximum atomic E-state index is 11.9. The monoisotopic (exact) mass is 357 g/mol. The van der Waals surface area contributed by atoms with E-state index in [1.807, 2.05) is 0 Å². The zero-order chi connectivity index (χ0) is 15.7. The predicted molar refractivity (Wildman–Crippen MR) is 84.5 cm³/mol. The Morgan fingerprint density at radius 2 is 1.90 bits per heavy atom. The Kier molecular flexibility index (Phi) is 7.97. The molecule has 1 aromatic carbocycles. The number of hydrogen-bond acceptors (Lipinski definition) is 4. The minimum absolute atomic E-state index is 0.121. The number of nitrogens with zero attached hydrogens (tertiary/aromatic N) is 1. The first-order valence-corrected chi connectivity index (χ1v) is 7.96. The normalized spacial score (nSPS) is 10.4. The lowest BCUT2D eigenvalue weighted by Crippen LogP contribution is -2.08. The first-order valence-electron chi connectivity index (χ1n) is 7.17. The molecule has 6 heteroatoms. The molecule has 0 aliphatic carbocycles. The van der Waals surface area contributed by atoms with E-state index in [9.17, 15) is 14.9 Å². The number of unbranched alkanes of at least 4 members (excludes halogenated alkanes) is 5. The van der Waals surface area contributed by atoms with Crippen molar-refractivity contribution in [2.24, 2.45) is 0 Å². The summed E-state index contributed by atoms with van der Waals surface area (Å²) < 4.78 is 5.66. The van der Waals surface area contributed by atoms with Gasteiger partial charge in [-0.15, -0.1) is 0 Å². The molecule has 0 unspecified atom stereocenters. The van der Waals surface area contributed by atoms with Crippen molar-refractivity contribution in [3.05, 3.63) is 38.3 Å². The van der Waals surface area contributed by atoms with Gasteiger partial charge in [-0.3, -0.25) is 10.1 Å². The van der Waals surface area contributed by atoms with Gasteiger partial charge in [0, 0.05) is 16.6 Å². The fraction of sp³-hybridized carbons (Fsp3) is 0.533. The van der Waals surface area contributed by atoms with Crippen molar-refractivity contribution in [3.8, 4) is 0 Å². The quantitative estimate of drug-likeness (QED) is 0.273. The van der Waals surface area contributed by atoms with Crippen LogP contribution in [0.1, 0.15) is 55.8 Å². The molecule has 5 nitrogen and oxygen atoms in total. The molecule has 21 heavy (non-hydrogen) atoms. The Bertz CT molecular complexity index is 491. The van der Waals surface area contributed by atoms with Gasteiger partial charge in [-0.2, -0.15) is 0 Å². The van der Waals surface area contributed by atoms with E-state index in [0.29, 0.717) is 11.1 Å². The molecule has 1 rings (SSSR count). The molecule has 0 heterocycles. The largest absolute Gasteiger partial charge is 0.462 e. The SMILES string of the molecule is CCCCCCCCOC(=O)c1cc([N+](=O)[O-])ccc1Br. The van der Waals surface area contributed by atoms with Gasteiger partial charge in [-0.05, 0) is 28.4 Å². The van der Waals surface area contributed by atoms with Gasteiger partial charge in [0.25, 0.3) is 5.69 Å². The highest BCUT2D eigenvalue weighted by molar-refractivity contribution is 9.10. The topological polar surface area (TPSA) is 69.4 Å². The van der Waals surface area contributed by atoms with Crippen LogP contribution in [0.2, 0.25) is 0 Å². The van der Waals surface area contributed by atoms with Gasteiger partial charge in [-0.25, -0.2) is 4.79 Å². The van der Waals surface area contributed by atoms with Crippen LogP contribution in [-0.4, -0.2) is 17.5 Å². The lowest BCUT2D eigenvalue weighted by Gasteiger charge is -2.06. The van der Waals surface area contributed by atoms with E-state index in [0.717, 1.165) is 19.3 Å². The van der Waals surface area contributed by atoms with E-state index in [4.69, 9.17) is 4.74 Å². The molecule has 0 aliphatic rings. The number of esters is 1. The lowest BCUT2D eigenvalue weighted by atomic mass is 10.1. The van der Waals surface area contributed by atoms with Crippen LogP contribution in [0, 0.1) is 10.1 Å². The molecule has 0 N–H and O–H groups in total. The number of ether oxygens (including phenoxy) is 1. The fourth-order valence-corrected chi connectivity index (χ4v) is 2.32. The van der Waals surface area contributed by atoms with Crippen LogP contribution in [0.15, 0.2) is 22.7 Å². The number of carbonyl (C=O) groups excluding carboxylic acids is 1. The third-order valence-electron chi connectivity index (χ3n) is 3.11. The smallest absolute Gasteiger partial charge is 0.339 e. The van der Waals surface area contributed by atoms with Crippen LogP contribution in [0.25, 0.3) is 0 Å². The molecule has 0 spiro atoms. The molecular formula is C15H20BrNO4. The minimum Gasteiger partial charge on any atom is -0.462 e. The zero-order valence-electron chi connectivity index (χ0n) is 12.1. The van der Waals surface area contributed by atoms with Gasteiger partial charge in [-0.1, -0.05) is 39.0 Å². The van der Waals surface area contributed by atoms with Crippen LogP contribution in [0.5, 0.6) is 0 Å². The van der Waals surface area contributed by atoms with E-state index in [2.05, 4.69) is 22.9 Å². The summed E-state index contributed by atoms with van der Waals surface area (Å²) in [6.45, 7) is 2.51. The van der Waals surface area contributed by atoms with Crippen molar-refractivity contribution in [3.63, 3.8) is 0 Å². The maximum absolute atomic E-state index is 11.9. The summed E-state index contributed by atoms with van der Waals surface area (Å²) in [5, 5.41) is 10.7. The van der Waals surface area contributed by atoms with Crippen molar-refractivity contribution in [1.82, 2.24) is 0 Å². The average molecular weight is 358 g/mol. The molecule has 0 radical (unpaired) electrons. The average Bonchev–Trinajstić information content (AvgIpc) is 2.46. The number of nitro benzene ring substituents is 1. The molecule has 0 saturated carbocycles. The maximum Gasteiger partial charge on any atom is 0.339 e. The molecular weight excluding hydrogens is 338 g/mol. The van der Waals surface area contributed by atoms with Gasteiger partial charge >= 0.3 is 5.97 Å². The fourth-order valence-electron chi connectivity index (χ4n) is 1.91. The summed E-state index contributed by atoms with van der Waals surface area (Å²) in [7, 11) is 0. The Balaban J connectivity index is 2.41. The second-order valence-corrected chi connectivity index (χ2v) is 5.68. The number of nitro groups is 1. The number of benzene rings is 1. The summed E-state index contributed by atoms with van der Waals surface area (Å²) in [4.78, 5) is 22.1. The second kappa shape index (κ2) is 9.50. The van der Waals surface area contributed by atoms with E-state index in [-0.39, 0.29) is 11.3 Å². The molecule has 0 aliphatic heterocycles. The minimum atomic E-state index is -0.531. The number of carbonyl (C=O) groups is 1. The molecule has 0 bridgehead atoms. The van der Waals surface area contributed by atoms with Crippen molar-refractivity contribution in [1.29, 1.82) is 0 Å². The highest BCUT2D eigenvalue weighted by atomic mass is 79.9. The molecule has 1 aromatic rings. The summed E-state index contributed by atoms with van der Waals surface area (Å²) in [5.74, 6) is -0.529. The number of rotatable bonds is 9. The summed E-state index contributed by atoms with van der Waals surface area (Å²) in [6.07, 6.45) is 6.65. The van der Waals surface area contributed by atoms with Crippen molar-refractivity contribution >= 4 is 27.6 Å². The summed E-state index contributed by atoms with van der Waals surface area (Å²) >= 11 is 3.21. The molecule has 0 saturated heterocycles. The Morgan fingerprint density at radius 3 is 2.57 bits per heavy atom. The van der Waals surface area contributed by atoms with Gasteiger partial charge in [0.15, 0.2) is 0 Å². The van der Waals surface area contributed by atoms with E-state index in [1.165, 1.54) is 37.5 Å². The van der Waals surface area contributed by atoms with Crippen LogP contribution in [0.4, 0.5) is 5.69 Å². The Labute approximate surface area is 133 Å². The Hall–Kier alpha value is -1.43. The van der Waals surface area contributed by atoms with Crippen LogP contribution in [0.3, 0.4) is 0 Å². The van der Waals surface area contributed by atoms with E-state index >= 15 is 0 Å². The first kappa shape index (κ1) is 17.6.